The molecule has 102 valence electrons. The molecule has 0 heterocycles. The number of amides is 1. The van der Waals surface area contributed by atoms with E-state index in [0.717, 1.165) is 0 Å². The van der Waals surface area contributed by atoms with Crippen LogP contribution in [-0.4, -0.2) is 11.7 Å². The molecule has 2 aromatic rings. The Bertz CT molecular complexity index is 665. The zero-order chi connectivity index (χ0) is 14.7. The van der Waals surface area contributed by atoms with Crippen molar-refractivity contribution in [2.75, 3.05) is 0 Å². The largest absolute Gasteiger partial charge is 0.457 e. The van der Waals surface area contributed by atoms with Crippen LogP contribution < -0.4 is 10.5 Å². The molecule has 0 radical (unpaired) electrons. The average Bonchev–Trinajstić information content (AvgIpc) is 2.39. The molecule has 0 aliphatic rings. The van der Waals surface area contributed by atoms with Crippen LogP contribution in [0.4, 0.5) is 0 Å². The number of benzene rings is 2. The standard InChI is InChI=1S/C15H12ClNO3/c1-9(18)13-7-6-12(8-14(13)16)20-11-4-2-10(3-5-11)15(17)19/h2-8H,1H3,(H2,17,19). The fraction of sp³-hybridized carbons (Fsp3) is 0.0667. The van der Waals surface area contributed by atoms with Gasteiger partial charge >= 0.3 is 0 Å². The molecular formula is C15H12ClNO3. The number of hydrogen-bond donors (Lipinski definition) is 1. The second kappa shape index (κ2) is 5.75. The van der Waals surface area contributed by atoms with Crippen molar-refractivity contribution < 1.29 is 14.3 Å². The van der Waals surface area contributed by atoms with Crippen LogP contribution in [0.25, 0.3) is 0 Å². The molecule has 2 N–H and O–H groups in total. The van der Waals surface area contributed by atoms with E-state index < -0.39 is 5.91 Å². The summed E-state index contributed by atoms with van der Waals surface area (Å²) in [6, 6.07) is 11.2. The van der Waals surface area contributed by atoms with E-state index in [1.165, 1.54) is 6.92 Å². The normalized spacial score (nSPS) is 10.1. The van der Waals surface area contributed by atoms with Gasteiger partial charge < -0.3 is 10.5 Å². The Kier molecular flexibility index (Phi) is 4.05. The third kappa shape index (κ3) is 3.16. The highest BCUT2D eigenvalue weighted by atomic mass is 35.5. The molecule has 2 aromatic carbocycles. The van der Waals surface area contributed by atoms with Crippen LogP contribution in [0.2, 0.25) is 5.02 Å². The Hall–Kier alpha value is -2.33. The molecule has 0 bridgehead atoms. The first-order chi connectivity index (χ1) is 9.47. The molecule has 0 aliphatic heterocycles. The van der Waals surface area contributed by atoms with Crippen molar-refractivity contribution in [3.05, 3.63) is 58.6 Å². The SMILES string of the molecule is CC(=O)c1ccc(Oc2ccc(C(N)=O)cc2)cc1Cl. The van der Waals surface area contributed by atoms with Gasteiger partial charge in [0.2, 0.25) is 5.91 Å². The Morgan fingerprint density at radius 1 is 1.05 bits per heavy atom. The maximum atomic E-state index is 11.3. The number of carbonyl (C=O) groups is 2. The Labute approximate surface area is 121 Å². The summed E-state index contributed by atoms with van der Waals surface area (Å²) in [5.41, 5.74) is 6.00. The van der Waals surface area contributed by atoms with Gasteiger partial charge in [0, 0.05) is 17.2 Å². The van der Waals surface area contributed by atoms with Crippen molar-refractivity contribution in [3.8, 4) is 11.5 Å². The smallest absolute Gasteiger partial charge is 0.248 e. The Morgan fingerprint density at radius 2 is 1.65 bits per heavy atom. The van der Waals surface area contributed by atoms with Crippen LogP contribution in [0, 0.1) is 0 Å². The van der Waals surface area contributed by atoms with Gasteiger partial charge in [-0.1, -0.05) is 11.6 Å². The first kappa shape index (κ1) is 14.1. The monoisotopic (exact) mass is 289 g/mol. The molecule has 0 fully saturated rings. The van der Waals surface area contributed by atoms with Gasteiger partial charge in [-0.05, 0) is 43.3 Å². The molecule has 0 aliphatic carbocycles. The van der Waals surface area contributed by atoms with E-state index in [4.69, 9.17) is 22.1 Å². The number of ether oxygens (including phenoxy) is 1. The first-order valence-electron chi connectivity index (χ1n) is 5.85. The zero-order valence-electron chi connectivity index (χ0n) is 10.7. The van der Waals surface area contributed by atoms with Crippen LogP contribution in [-0.2, 0) is 0 Å². The Morgan fingerprint density at radius 3 is 2.15 bits per heavy atom. The zero-order valence-corrected chi connectivity index (χ0v) is 11.5. The molecule has 1 amide bonds. The van der Waals surface area contributed by atoms with Gasteiger partial charge in [-0.25, -0.2) is 0 Å². The molecule has 20 heavy (non-hydrogen) atoms. The van der Waals surface area contributed by atoms with Crippen molar-refractivity contribution in [2.24, 2.45) is 5.73 Å². The summed E-state index contributed by atoms with van der Waals surface area (Å²) >= 11 is 6.00. The van der Waals surface area contributed by atoms with Gasteiger partial charge in [0.15, 0.2) is 5.78 Å². The maximum absolute atomic E-state index is 11.3. The highest BCUT2D eigenvalue weighted by Crippen LogP contribution is 2.27. The van der Waals surface area contributed by atoms with Crippen molar-refractivity contribution >= 4 is 23.3 Å². The van der Waals surface area contributed by atoms with E-state index >= 15 is 0 Å². The lowest BCUT2D eigenvalue weighted by atomic mass is 10.1. The second-order valence-electron chi connectivity index (χ2n) is 4.19. The van der Waals surface area contributed by atoms with E-state index in [0.29, 0.717) is 27.6 Å². The van der Waals surface area contributed by atoms with Crippen LogP contribution in [0.3, 0.4) is 0 Å². The quantitative estimate of drug-likeness (QED) is 0.877. The minimum absolute atomic E-state index is 0.104. The van der Waals surface area contributed by atoms with Gasteiger partial charge in [0.05, 0.1) is 5.02 Å². The number of Topliss-reactive ketones (excluding diaryl/α,β-unsaturated/α-hetero) is 1. The summed E-state index contributed by atoms with van der Waals surface area (Å²) in [5.74, 6) is 0.450. The fourth-order valence-corrected chi connectivity index (χ4v) is 1.97. The maximum Gasteiger partial charge on any atom is 0.248 e. The topological polar surface area (TPSA) is 69.4 Å². The lowest BCUT2D eigenvalue weighted by Gasteiger charge is -2.08. The summed E-state index contributed by atoms with van der Waals surface area (Å²) < 4.78 is 5.58. The highest BCUT2D eigenvalue weighted by Gasteiger charge is 2.07. The molecular weight excluding hydrogens is 278 g/mol. The van der Waals surface area contributed by atoms with Crippen molar-refractivity contribution in [3.63, 3.8) is 0 Å². The van der Waals surface area contributed by atoms with Gasteiger partial charge in [-0.2, -0.15) is 0 Å². The van der Waals surface area contributed by atoms with Gasteiger partial charge in [-0.3, -0.25) is 9.59 Å². The summed E-state index contributed by atoms with van der Waals surface area (Å²) in [4.78, 5) is 22.2. The number of hydrogen-bond acceptors (Lipinski definition) is 3. The molecule has 0 saturated heterocycles. The van der Waals surface area contributed by atoms with Crippen LogP contribution in [0.5, 0.6) is 11.5 Å². The molecule has 0 atom stereocenters. The first-order valence-corrected chi connectivity index (χ1v) is 6.23. The van der Waals surface area contributed by atoms with Gasteiger partial charge in [0.1, 0.15) is 11.5 Å². The fourth-order valence-electron chi connectivity index (χ4n) is 1.67. The van der Waals surface area contributed by atoms with Crippen molar-refractivity contribution in [1.82, 2.24) is 0 Å². The lowest BCUT2D eigenvalue weighted by Crippen LogP contribution is -2.10. The number of carbonyl (C=O) groups excluding carboxylic acids is 2. The van der Waals surface area contributed by atoms with E-state index in [2.05, 4.69) is 0 Å². The minimum Gasteiger partial charge on any atom is -0.457 e. The van der Waals surface area contributed by atoms with Gasteiger partial charge in [-0.15, -0.1) is 0 Å². The summed E-state index contributed by atoms with van der Waals surface area (Å²) in [5, 5.41) is 0.337. The molecule has 0 unspecified atom stereocenters. The number of rotatable bonds is 4. The van der Waals surface area contributed by atoms with E-state index in [9.17, 15) is 9.59 Å². The minimum atomic E-state index is -0.495. The van der Waals surface area contributed by atoms with Crippen LogP contribution in [0.15, 0.2) is 42.5 Å². The van der Waals surface area contributed by atoms with Crippen molar-refractivity contribution in [2.45, 2.75) is 6.92 Å². The lowest BCUT2D eigenvalue weighted by molar-refractivity contribution is 0.0996. The predicted octanol–water partition coefficient (Wildman–Crippen LogP) is 3.43. The number of nitrogens with two attached hydrogens (primary N) is 1. The molecule has 0 spiro atoms. The second-order valence-corrected chi connectivity index (χ2v) is 4.60. The molecule has 5 heteroatoms. The van der Waals surface area contributed by atoms with Crippen LogP contribution in [0.1, 0.15) is 27.6 Å². The number of halogens is 1. The van der Waals surface area contributed by atoms with E-state index in [-0.39, 0.29) is 5.78 Å². The molecule has 0 aromatic heterocycles. The Balaban J connectivity index is 2.19. The summed E-state index contributed by atoms with van der Waals surface area (Å²) in [6.07, 6.45) is 0. The van der Waals surface area contributed by atoms with E-state index in [1.807, 2.05) is 0 Å². The molecule has 2 rings (SSSR count). The third-order valence-corrected chi connectivity index (χ3v) is 3.01. The summed E-state index contributed by atoms with van der Waals surface area (Å²) in [7, 11) is 0. The third-order valence-electron chi connectivity index (χ3n) is 2.69. The van der Waals surface area contributed by atoms with E-state index in [1.54, 1.807) is 42.5 Å². The number of primary amides is 1. The molecule has 4 nitrogen and oxygen atoms in total. The number of ketones is 1. The van der Waals surface area contributed by atoms with Gasteiger partial charge in [0.25, 0.3) is 0 Å². The summed E-state index contributed by atoms with van der Waals surface area (Å²) in [6.45, 7) is 1.45. The van der Waals surface area contributed by atoms with Crippen LogP contribution >= 0.6 is 11.6 Å². The average molecular weight is 290 g/mol. The predicted molar refractivity (Wildman–Crippen MR) is 76.5 cm³/mol. The highest BCUT2D eigenvalue weighted by molar-refractivity contribution is 6.34. The molecule has 0 saturated carbocycles. The van der Waals surface area contributed by atoms with Crippen molar-refractivity contribution in [1.29, 1.82) is 0 Å².